The van der Waals surface area contributed by atoms with Crippen molar-refractivity contribution >= 4 is 11.9 Å². The molecule has 6 nitrogen and oxygen atoms in total. The molecular formula is C27H32O6. The molecule has 2 unspecified atom stereocenters. The molecule has 2 N–H and O–H groups in total. The summed E-state index contributed by atoms with van der Waals surface area (Å²) in [5.41, 5.74) is 2.17. The SMILES string of the molecule is C=C(C(=O)O)C(C)COc1ccc(C(C)(C)c2ccc(OCC(C)C(=C)C(=O)O)cc2)cc1. The molecule has 0 bridgehead atoms. The van der Waals surface area contributed by atoms with Gasteiger partial charge in [-0.05, 0) is 35.4 Å². The standard InChI is InChI=1S/C27H32O6/c1-17(19(3)25(28)29)15-32-23-11-7-21(8-12-23)27(5,6)22-9-13-24(14-10-22)33-16-18(2)20(4)26(30)31/h7-14,17-18H,3-4,15-16H2,1-2,5-6H3,(H,28,29)(H,30,31). The van der Waals surface area contributed by atoms with Crippen LogP contribution in [0.2, 0.25) is 0 Å². The number of ether oxygens (including phenoxy) is 2. The Morgan fingerprint density at radius 1 is 0.758 bits per heavy atom. The zero-order valence-electron chi connectivity index (χ0n) is 19.6. The van der Waals surface area contributed by atoms with Gasteiger partial charge in [0.1, 0.15) is 11.5 Å². The van der Waals surface area contributed by atoms with Crippen LogP contribution < -0.4 is 9.47 Å². The molecule has 0 radical (unpaired) electrons. The quantitative estimate of drug-likeness (QED) is 0.423. The molecule has 0 aromatic heterocycles. The van der Waals surface area contributed by atoms with Crippen molar-refractivity contribution < 1.29 is 29.3 Å². The number of carboxylic acid groups (broad SMARTS) is 2. The third kappa shape index (κ3) is 6.72. The molecule has 0 saturated heterocycles. The molecule has 0 aliphatic carbocycles. The number of carbonyl (C=O) groups is 2. The second kappa shape index (κ2) is 10.9. The van der Waals surface area contributed by atoms with E-state index in [0.717, 1.165) is 11.1 Å². The van der Waals surface area contributed by atoms with Gasteiger partial charge in [-0.15, -0.1) is 0 Å². The largest absolute Gasteiger partial charge is 0.493 e. The lowest BCUT2D eigenvalue weighted by molar-refractivity contribution is -0.134. The van der Waals surface area contributed by atoms with Gasteiger partial charge in [0.2, 0.25) is 0 Å². The van der Waals surface area contributed by atoms with Crippen LogP contribution in [0.3, 0.4) is 0 Å². The molecule has 2 atom stereocenters. The first-order chi connectivity index (χ1) is 15.4. The van der Waals surface area contributed by atoms with E-state index in [2.05, 4.69) is 27.0 Å². The maximum atomic E-state index is 11.0. The van der Waals surface area contributed by atoms with E-state index in [4.69, 9.17) is 19.7 Å². The number of benzene rings is 2. The molecule has 2 rings (SSSR count). The Bertz CT molecular complexity index is 920. The monoisotopic (exact) mass is 452 g/mol. The summed E-state index contributed by atoms with van der Waals surface area (Å²) in [6.07, 6.45) is 0. The summed E-state index contributed by atoms with van der Waals surface area (Å²) in [6.45, 7) is 15.4. The van der Waals surface area contributed by atoms with Crippen LogP contribution in [0.1, 0.15) is 38.8 Å². The highest BCUT2D eigenvalue weighted by Gasteiger charge is 2.23. The average molecular weight is 453 g/mol. The number of hydrogen-bond donors (Lipinski definition) is 2. The summed E-state index contributed by atoms with van der Waals surface area (Å²) in [6, 6.07) is 15.5. The van der Waals surface area contributed by atoms with Crippen molar-refractivity contribution in [3.8, 4) is 11.5 Å². The van der Waals surface area contributed by atoms with E-state index in [1.54, 1.807) is 13.8 Å². The molecule has 176 valence electrons. The predicted octanol–water partition coefficient (Wildman–Crippen LogP) is 5.32. The van der Waals surface area contributed by atoms with E-state index in [1.807, 2.05) is 48.5 Å². The summed E-state index contributed by atoms with van der Waals surface area (Å²) < 4.78 is 11.4. The number of aliphatic carboxylic acids is 2. The molecule has 6 heteroatoms. The van der Waals surface area contributed by atoms with Crippen LogP contribution in [0.4, 0.5) is 0 Å². The lowest BCUT2D eigenvalue weighted by Gasteiger charge is -2.26. The molecule has 2 aromatic rings. The molecule has 0 heterocycles. The van der Waals surface area contributed by atoms with Gasteiger partial charge in [0.15, 0.2) is 0 Å². The summed E-state index contributed by atoms with van der Waals surface area (Å²) in [5, 5.41) is 18.0. The highest BCUT2D eigenvalue weighted by molar-refractivity contribution is 5.86. The van der Waals surface area contributed by atoms with Crippen LogP contribution in [0.5, 0.6) is 11.5 Å². The normalized spacial score (nSPS) is 13.0. The average Bonchev–Trinajstić information content (AvgIpc) is 2.80. The summed E-state index contributed by atoms with van der Waals surface area (Å²) in [7, 11) is 0. The maximum Gasteiger partial charge on any atom is 0.331 e. The number of hydrogen-bond acceptors (Lipinski definition) is 4. The van der Waals surface area contributed by atoms with Crippen LogP contribution in [0.15, 0.2) is 72.8 Å². The van der Waals surface area contributed by atoms with E-state index >= 15 is 0 Å². The molecular weight excluding hydrogens is 420 g/mol. The van der Waals surface area contributed by atoms with E-state index < -0.39 is 11.9 Å². The molecule has 0 aliphatic heterocycles. The van der Waals surface area contributed by atoms with Crippen LogP contribution in [0.25, 0.3) is 0 Å². The maximum absolute atomic E-state index is 11.0. The fourth-order valence-electron chi connectivity index (χ4n) is 3.17. The Balaban J connectivity index is 2.01. The van der Waals surface area contributed by atoms with Crippen LogP contribution >= 0.6 is 0 Å². The lowest BCUT2D eigenvalue weighted by atomic mass is 9.78. The Morgan fingerprint density at radius 3 is 1.33 bits per heavy atom. The highest BCUT2D eigenvalue weighted by Crippen LogP contribution is 2.33. The molecule has 0 fully saturated rings. The zero-order valence-corrected chi connectivity index (χ0v) is 19.6. The first kappa shape index (κ1) is 25.7. The van der Waals surface area contributed by atoms with Crippen molar-refractivity contribution in [1.82, 2.24) is 0 Å². The first-order valence-electron chi connectivity index (χ1n) is 10.7. The van der Waals surface area contributed by atoms with E-state index in [9.17, 15) is 9.59 Å². The van der Waals surface area contributed by atoms with Gasteiger partial charge < -0.3 is 19.7 Å². The van der Waals surface area contributed by atoms with Crippen LogP contribution in [-0.2, 0) is 15.0 Å². The van der Waals surface area contributed by atoms with Crippen molar-refractivity contribution in [2.24, 2.45) is 11.8 Å². The van der Waals surface area contributed by atoms with Crippen molar-refractivity contribution in [3.63, 3.8) is 0 Å². The predicted molar refractivity (Wildman–Crippen MR) is 128 cm³/mol. The Kier molecular flexibility index (Phi) is 8.46. The van der Waals surface area contributed by atoms with Gasteiger partial charge in [-0.3, -0.25) is 0 Å². The molecule has 2 aromatic carbocycles. The summed E-state index contributed by atoms with van der Waals surface area (Å²) in [5.74, 6) is -1.27. The van der Waals surface area contributed by atoms with Crippen molar-refractivity contribution in [1.29, 1.82) is 0 Å². The van der Waals surface area contributed by atoms with E-state index in [1.165, 1.54) is 0 Å². The van der Waals surface area contributed by atoms with Crippen LogP contribution in [-0.4, -0.2) is 35.4 Å². The van der Waals surface area contributed by atoms with Crippen molar-refractivity contribution in [2.45, 2.75) is 33.1 Å². The third-order valence-electron chi connectivity index (χ3n) is 5.89. The van der Waals surface area contributed by atoms with Crippen molar-refractivity contribution in [2.75, 3.05) is 13.2 Å². The smallest absolute Gasteiger partial charge is 0.331 e. The minimum Gasteiger partial charge on any atom is -0.493 e. The van der Waals surface area contributed by atoms with E-state index in [-0.39, 0.29) is 41.6 Å². The minimum absolute atomic E-state index is 0.126. The summed E-state index contributed by atoms with van der Waals surface area (Å²) in [4.78, 5) is 22.0. The number of carboxylic acids is 2. The zero-order chi connectivity index (χ0) is 24.8. The van der Waals surface area contributed by atoms with Gasteiger partial charge in [-0.25, -0.2) is 9.59 Å². The van der Waals surface area contributed by atoms with Gasteiger partial charge in [-0.1, -0.05) is 65.1 Å². The molecule has 33 heavy (non-hydrogen) atoms. The fraction of sp³-hybridized carbons (Fsp3) is 0.333. The molecule has 0 spiro atoms. The second-order valence-electron chi connectivity index (χ2n) is 8.76. The van der Waals surface area contributed by atoms with Gasteiger partial charge >= 0.3 is 11.9 Å². The summed E-state index contributed by atoms with van der Waals surface area (Å²) >= 11 is 0. The molecule has 0 aliphatic rings. The van der Waals surface area contributed by atoms with Crippen LogP contribution in [0, 0.1) is 11.8 Å². The highest BCUT2D eigenvalue weighted by atomic mass is 16.5. The Hall–Kier alpha value is -3.54. The molecule has 0 amide bonds. The second-order valence-corrected chi connectivity index (χ2v) is 8.76. The first-order valence-corrected chi connectivity index (χ1v) is 10.7. The fourth-order valence-corrected chi connectivity index (χ4v) is 3.17. The third-order valence-corrected chi connectivity index (χ3v) is 5.89. The van der Waals surface area contributed by atoms with Gasteiger partial charge in [0.05, 0.1) is 13.2 Å². The molecule has 0 saturated carbocycles. The number of rotatable bonds is 12. The van der Waals surface area contributed by atoms with Gasteiger partial charge in [-0.2, -0.15) is 0 Å². The Labute approximate surface area is 195 Å². The van der Waals surface area contributed by atoms with E-state index in [0.29, 0.717) is 11.5 Å². The minimum atomic E-state index is -1.01. The Morgan fingerprint density at radius 2 is 1.06 bits per heavy atom. The van der Waals surface area contributed by atoms with Crippen molar-refractivity contribution in [3.05, 3.63) is 84.0 Å². The lowest BCUT2D eigenvalue weighted by Crippen LogP contribution is -2.19. The van der Waals surface area contributed by atoms with Gasteiger partial charge in [0, 0.05) is 28.4 Å². The topological polar surface area (TPSA) is 93.1 Å². The van der Waals surface area contributed by atoms with Gasteiger partial charge in [0.25, 0.3) is 0 Å².